The number of aromatic nitrogens is 1. The fourth-order valence-electron chi connectivity index (χ4n) is 7.20. The molecule has 2 aromatic carbocycles. The summed E-state index contributed by atoms with van der Waals surface area (Å²) in [6.07, 6.45) is 12.6. The minimum Gasteiger partial charge on any atom is -0.512 e. The molecule has 0 amide bonds. The minimum absolute atomic E-state index is 0. The van der Waals surface area contributed by atoms with Crippen molar-refractivity contribution < 1.29 is 30.0 Å². The van der Waals surface area contributed by atoms with Gasteiger partial charge in [0.25, 0.3) is 0 Å². The van der Waals surface area contributed by atoms with Gasteiger partial charge in [0, 0.05) is 44.2 Å². The molecule has 1 radical (unpaired) electrons. The SMILES string of the molecule is CCC(CC)C(=O)/C=C(\O)C(CC)CC.Cc1[c-]c(-c2nccc3c(C4CC5CCC4C5)cccc23)cc(C)c1.[Ir]. The van der Waals surface area contributed by atoms with Crippen molar-refractivity contribution in [2.45, 2.75) is 98.8 Å². The quantitative estimate of drug-likeness (QED) is 0.136. The predicted molar refractivity (Wildman–Crippen MR) is 168 cm³/mol. The Bertz CT molecular complexity index is 1320. The Morgan fingerprint density at radius 3 is 2.27 bits per heavy atom. The summed E-state index contributed by atoms with van der Waals surface area (Å²) in [7, 11) is 0. The molecule has 3 nitrogen and oxygen atoms in total. The molecule has 2 bridgehead atoms. The topological polar surface area (TPSA) is 50.2 Å². The molecule has 2 aliphatic rings. The second kappa shape index (κ2) is 15.3. The Balaban J connectivity index is 0.000000253. The third-order valence-corrected chi connectivity index (χ3v) is 9.46. The normalized spacial score (nSPS) is 19.8. The molecule has 1 aromatic heterocycles. The number of aliphatic hydroxyl groups is 1. The van der Waals surface area contributed by atoms with Crippen LogP contribution in [-0.2, 0) is 24.9 Å². The fraction of sp³-hybridized carbons (Fsp3) is 0.514. The van der Waals surface area contributed by atoms with Crippen LogP contribution in [0, 0.1) is 43.6 Å². The van der Waals surface area contributed by atoms with Gasteiger partial charge in [-0.15, -0.1) is 34.9 Å². The summed E-state index contributed by atoms with van der Waals surface area (Å²) in [5.41, 5.74) is 6.20. The van der Waals surface area contributed by atoms with Gasteiger partial charge >= 0.3 is 0 Å². The van der Waals surface area contributed by atoms with Crippen LogP contribution in [-0.4, -0.2) is 15.9 Å². The van der Waals surface area contributed by atoms with Gasteiger partial charge in [0.15, 0.2) is 5.78 Å². The van der Waals surface area contributed by atoms with E-state index in [2.05, 4.69) is 56.3 Å². The van der Waals surface area contributed by atoms with Crippen LogP contribution in [0.3, 0.4) is 0 Å². The molecule has 3 aromatic rings. The van der Waals surface area contributed by atoms with Crippen LogP contribution < -0.4 is 0 Å². The van der Waals surface area contributed by atoms with E-state index in [-0.39, 0.29) is 43.5 Å². The zero-order chi connectivity index (χ0) is 28.8. The van der Waals surface area contributed by atoms with Crippen molar-refractivity contribution in [2.75, 3.05) is 0 Å². The van der Waals surface area contributed by atoms with Gasteiger partial charge in [-0.1, -0.05) is 66.2 Å². The molecule has 3 unspecified atom stereocenters. The summed E-state index contributed by atoms with van der Waals surface area (Å²) in [5.74, 6) is 3.17. The number of allylic oxidation sites excluding steroid dienone is 2. The zero-order valence-electron chi connectivity index (χ0n) is 25.8. The van der Waals surface area contributed by atoms with Crippen LogP contribution in [0.15, 0.2) is 54.4 Å². The number of aryl methyl sites for hydroxylation is 2. The molecule has 1 heterocycles. The number of aliphatic hydroxyl groups excluding tert-OH is 1. The Morgan fingerprint density at radius 1 is 0.976 bits per heavy atom. The molecule has 1 N–H and O–H groups in total. The van der Waals surface area contributed by atoms with Gasteiger partial charge in [0.2, 0.25) is 0 Å². The molecular weight excluding hydrogens is 683 g/mol. The third-order valence-electron chi connectivity index (χ3n) is 9.46. The van der Waals surface area contributed by atoms with Crippen LogP contribution in [0.2, 0.25) is 0 Å². The summed E-state index contributed by atoms with van der Waals surface area (Å²) in [6, 6.07) is 17.0. The van der Waals surface area contributed by atoms with Crippen LogP contribution in [0.5, 0.6) is 0 Å². The van der Waals surface area contributed by atoms with Crippen molar-refractivity contribution in [1.82, 2.24) is 4.98 Å². The van der Waals surface area contributed by atoms with Crippen LogP contribution >= 0.6 is 0 Å². The van der Waals surface area contributed by atoms with Crippen LogP contribution in [0.1, 0.15) is 102 Å². The minimum atomic E-state index is 0. The van der Waals surface area contributed by atoms with Gasteiger partial charge < -0.3 is 10.1 Å². The first kappa shape index (κ1) is 33.2. The van der Waals surface area contributed by atoms with Crippen LogP contribution in [0.25, 0.3) is 22.0 Å². The van der Waals surface area contributed by atoms with Gasteiger partial charge in [-0.05, 0) is 90.8 Å². The smallest absolute Gasteiger partial charge is 0.162 e. The van der Waals surface area contributed by atoms with E-state index in [1.54, 1.807) is 5.56 Å². The standard InChI is InChI=1S/C24H24N.C13H24O2.Ir/c1-15-10-16(2)12-19(11-15)24-22-5-3-4-20(21(22)8-9-25-24)23-14-17-6-7-18(23)13-17;1-5-10(6-2)12(14)9-13(15)11(7-3)8-4;/h3-5,8-11,17-18,23H,6-7,13-14H2,1-2H3;9-11,14H,5-8H2,1-4H3;/q-1;;/b;12-9-;. The average molecular weight is 731 g/mol. The molecule has 0 saturated heterocycles. The van der Waals surface area contributed by atoms with Gasteiger partial charge in [-0.2, -0.15) is 0 Å². The maximum atomic E-state index is 11.7. The van der Waals surface area contributed by atoms with Crippen LogP contribution in [0.4, 0.5) is 0 Å². The van der Waals surface area contributed by atoms with Crippen molar-refractivity contribution in [3.63, 3.8) is 0 Å². The number of hydrogen-bond donors (Lipinski definition) is 1. The molecule has 2 fully saturated rings. The molecule has 3 atom stereocenters. The summed E-state index contributed by atoms with van der Waals surface area (Å²) in [6.45, 7) is 12.3. The first-order chi connectivity index (χ1) is 19.3. The Morgan fingerprint density at radius 2 is 1.68 bits per heavy atom. The maximum Gasteiger partial charge on any atom is 0.162 e. The monoisotopic (exact) mass is 731 g/mol. The zero-order valence-corrected chi connectivity index (χ0v) is 28.2. The number of nitrogens with zero attached hydrogens (tertiary/aromatic N) is 1. The van der Waals surface area contributed by atoms with E-state index < -0.39 is 0 Å². The Kier molecular flexibility index (Phi) is 12.4. The van der Waals surface area contributed by atoms with E-state index in [1.807, 2.05) is 33.9 Å². The number of carbonyl (C=O) groups excluding carboxylic acids is 1. The van der Waals surface area contributed by atoms with Gasteiger partial charge in [-0.3, -0.25) is 4.79 Å². The largest absolute Gasteiger partial charge is 0.512 e. The molecule has 0 spiro atoms. The summed E-state index contributed by atoms with van der Waals surface area (Å²) in [4.78, 5) is 16.5. The van der Waals surface area contributed by atoms with E-state index in [1.165, 1.54) is 53.7 Å². The number of benzene rings is 2. The van der Waals surface area contributed by atoms with Gasteiger partial charge in [0.05, 0.1) is 5.76 Å². The van der Waals surface area contributed by atoms with Gasteiger partial charge in [-0.25, -0.2) is 0 Å². The molecule has 5 rings (SSSR count). The van der Waals surface area contributed by atoms with E-state index >= 15 is 0 Å². The Labute approximate surface area is 261 Å². The van der Waals surface area contributed by atoms with E-state index in [0.29, 0.717) is 0 Å². The summed E-state index contributed by atoms with van der Waals surface area (Å²) < 4.78 is 0. The molecule has 41 heavy (non-hydrogen) atoms. The number of fused-ring (bicyclic) bond motifs is 3. The van der Waals surface area contributed by atoms with Gasteiger partial charge in [0.1, 0.15) is 0 Å². The molecule has 4 heteroatoms. The van der Waals surface area contributed by atoms with Crippen molar-refractivity contribution in [3.05, 3.63) is 77.2 Å². The fourth-order valence-corrected chi connectivity index (χ4v) is 7.20. The molecule has 2 saturated carbocycles. The summed E-state index contributed by atoms with van der Waals surface area (Å²) >= 11 is 0. The van der Waals surface area contributed by atoms with E-state index in [9.17, 15) is 9.90 Å². The molecule has 2 aliphatic carbocycles. The van der Waals surface area contributed by atoms with Crippen molar-refractivity contribution in [1.29, 1.82) is 0 Å². The van der Waals surface area contributed by atoms with Crippen molar-refractivity contribution in [3.8, 4) is 11.3 Å². The first-order valence-electron chi connectivity index (χ1n) is 15.6. The second-order valence-electron chi connectivity index (χ2n) is 12.1. The predicted octanol–water partition coefficient (Wildman–Crippen LogP) is 10.1. The Hall–Kier alpha value is -2.29. The molecule has 0 aliphatic heterocycles. The number of hydrogen-bond acceptors (Lipinski definition) is 3. The number of pyridine rings is 1. The second-order valence-corrected chi connectivity index (χ2v) is 12.1. The van der Waals surface area contributed by atoms with Crippen molar-refractivity contribution in [2.24, 2.45) is 23.7 Å². The molecule has 223 valence electrons. The summed E-state index contributed by atoms with van der Waals surface area (Å²) in [5, 5.41) is 12.4. The van der Waals surface area contributed by atoms with E-state index in [0.717, 1.165) is 54.7 Å². The average Bonchev–Trinajstić information content (AvgIpc) is 3.58. The van der Waals surface area contributed by atoms with Crippen molar-refractivity contribution >= 4 is 16.6 Å². The number of ketones is 1. The number of rotatable bonds is 9. The first-order valence-corrected chi connectivity index (χ1v) is 15.6. The molecular formula is C37H48IrNO2-. The number of carbonyl (C=O) groups is 1. The maximum absolute atomic E-state index is 11.7. The van der Waals surface area contributed by atoms with E-state index in [4.69, 9.17) is 4.98 Å². The third kappa shape index (κ3) is 7.76.